The molecule has 1 heterocycles. The van der Waals surface area contributed by atoms with Crippen molar-refractivity contribution < 1.29 is 9.59 Å². The van der Waals surface area contributed by atoms with Crippen LogP contribution in [0.1, 0.15) is 20.8 Å². The first kappa shape index (κ1) is 27.1. The van der Waals surface area contributed by atoms with Gasteiger partial charge in [-0.25, -0.2) is 9.97 Å². The lowest BCUT2D eigenvalue weighted by Crippen LogP contribution is -2.22. The minimum Gasteiger partial charge on any atom is -0.369 e. The number of anilines is 3. The molecule has 194 valence electrons. The monoisotopic (exact) mass is 548 g/mol. The van der Waals surface area contributed by atoms with Crippen LogP contribution in [0.2, 0.25) is 10.0 Å². The van der Waals surface area contributed by atoms with Crippen molar-refractivity contribution in [2.45, 2.75) is 0 Å². The summed E-state index contributed by atoms with van der Waals surface area (Å²) < 4.78 is 0. The summed E-state index contributed by atoms with van der Waals surface area (Å²) in [5.41, 5.74) is 1.75. The zero-order valence-corrected chi connectivity index (χ0v) is 22.3. The molecule has 10 heteroatoms. The Kier molecular flexibility index (Phi) is 8.91. The fraction of sp³-hybridized carbons (Fsp3) is 0.143. The van der Waals surface area contributed by atoms with Crippen LogP contribution in [-0.2, 0) is 0 Å². The maximum atomic E-state index is 13.4. The molecule has 0 aliphatic carbocycles. The van der Waals surface area contributed by atoms with E-state index in [9.17, 15) is 9.59 Å². The lowest BCUT2D eigenvalue weighted by molar-refractivity contribution is 0.102. The van der Waals surface area contributed by atoms with Crippen LogP contribution in [0.25, 0.3) is 11.4 Å². The highest BCUT2D eigenvalue weighted by Gasteiger charge is 2.19. The summed E-state index contributed by atoms with van der Waals surface area (Å²) in [5.74, 6) is -0.0406. The van der Waals surface area contributed by atoms with Crippen molar-refractivity contribution in [2.75, 3.05) is 43.1 Å². The van der Waals surface area contributed by atoms with Crippen LogP contribution in [0.4, 0.5) is 17.2 Å². The van der Waals surface area contributed by atoms with Crippen molar-refractivity contribution in [1.82, 2.24) is 14.9 Å². The Balaban J connectivity index is 1.61. The Hall–Kier alpha value is -3.98. The third kappa shape index (κ3) is 6.86. The molecule has 0 bridgehead atoms. The Bertz CT molecular complexity index is 1430. The van der Waals surface area contributed by atoms with Crippen molar-refractivity contribution in [1.29, 1.82) is 0 Å². The van der Waals surface area contributed by atoms with E-state index in [0.717, 1.165) is 12.1 Å². The summed E-state index contributed by atoms with van der Waals surface area (Å²) in [6, 6.07) is 22.6. The molecule has 0 atom stereocenters. The number of carbonyl (C=O) groups is 2. The number of carbonyl (C=O) groups excluding carboxylic acids is 2. The van der Waals surface area contributed by atoms with E-state index in [2.05, 4.69) is 25.9 Å². The SMILES string of the molecule is CN(C)CCNc1cc(C(=O)Nc2ccccc2C(=O)Nc2c(Cl)cccc2Cl)nc(-c2ccccc2)n1. The molecule has 8 nitrogen and oxygen atoms in total. The Morgan fingerprint density at radius 2 is 1.50 bits per heavy atom. The van der Waals surface area contributed by atoms with Crippen molar-refractivity contribution in [3.63, 3.8) is 0 Å². The van der Waals surface area contributed by atoms with E-state index < -0.39 is 11.8 Å². The molecule has 0 radical (unpaired) electrons. The first-order chi connectivity index (χ1) is 18.3. The average molecular weight is 549 g/mol. The van der Waals surface area contributed by atoms with Crippen LogP contribution in [0.5, 0.6) is 0 Å². The molecular weight excluding hydrogens is 523 g/mol. The van der Waals surface area contributed by atoms with E-state index in [1.54, 1.807) is 48.5 Å². The fourth-order valence-electron chi connectivity index (χ4n) is 3.55. The molecule has 0 saturated carbocycles. The van der Waals surface area contributed by atoms with Crippen LogP contribution in [-0.4, -0.2) is 53.9 Å². The van der Waals surface area contributed by atoms with E-state index in [-0.39, 0.29) is 11.3 Å². The average Bonchev–Trinajstić information content (AvgIpc) is 2.91. The fourth-order valence-corrected chi connectivity index (χ4v) is 4.04. The minimum atomic E-state index is -0.490. The van der Waals surface area contributed by atoms with E-state index in [4.69, 9.17) is 23.2 Å². The van der Waals surface area contributed by atoms with Gasteiger partial charge in [-0.3, -0.25) is 9.59 Å². The lowest BCUT2D eigenvalue weighted by atomic mass is 10.1. The predicted octanol–water partition coefficient (Wildman–Crippen LogP) is 5.93. The van der Waals surface area contributed by atoms with Gasteiger partial charge in [0.15, 0.2) is 5.82 Å². The number of nitrogens with zero attached hydrogens (tertiary/aromatic N) is 3. The smallest absolute Gasteiger partial charge is 0.274 e. The number of nitrogens with one attached hydrogen (secondary N) is 3. The molecule has 3 aromatic carbocycles. The van der Waals surface area contributed by atoms with Gasteiger partial charge in [-0.2, -0.15) is 0 Å². The van der Waals surface area contributed by atoms with Crippen molar-refractivity contribution in [2.24, 2.45) is 0 Å². The van der Waals surface area contributed by atoms with Gasteiger partial charge in [0.2, 0.25) is 0 Å². The summed E-state index contributed by atoms with van der Waals surface area (Å²) in [6.07, 6.45) is 0. The molecule has 0 unspecified atom stereocenters. The van der Waals surface area contributed by atoms with Crippen molar-refractivity contribution in [3.8, 4) is 11.4 Å². The van der Waals surface area contributed by atoms with Gasteiger partial charge in [0.25, 0.3) is 11.8 Å². The van der Waals surface area contributed by atoms with Crippen molar-refractivity contribution in [3.05, 3.63) is 100 Å². The van der Waals surface area contributed by atoms with Gasteiger partial charge >= 0.3 is 0 Å². The number of hydrogen-bond donors (Lipinski definition) is 3. The van der Waals surface area contributed by atoms with Crippen LogP contribution in [0, 0.1) is 0 Å². The Labute approximate surface area is 231 Å². The van der Waals surface area contributed by atoms with E-state index >= 15 is 0 Å². The van der Waals surface area contributed by atoms with Gasteiger partial charge in [-0.1, -0.05) is 71.7 Å². The number of hydrogen-bond acceptors (Lipinski definition) is 6. The molecule has 0 fully saturated rings. The third-order valence-electron chi connectivity index (χ3n) is 5.48. The zero-order valence-electron chi connectivity index (χ0n) is 20.8. The molecule has 0 aliphatic rings. The molecule has 38 heavy (non-hydrogen) atoms. The molecular formula is C28H26Cl2N6O2. The predicted molar refractivity (Wildman–Crippen MR) is 153 cm³/mol. The minimum absolute atomic E-state index is 0.149. The summed E-state index contributed by atoms with van der Waals surface area (Å²) in [7, 11) is 3.95. The number of likely N-dealkylation sites (N-methyl/N-ethyl adjacent to an activating group) is 1. The Morgan fingerprint density at radius 3 is 2.21 bits per heavy atom. The number of aromatic nitrogens is 2. The normalized spacial score (nSPS) is 10.8. The van der Waals surface area contributed by atoms with Crippen molar-refractivity contribution >= 4 is 52.2 Å². The molecule has 2 amide bonds. The third-order valence-corrected chi connectivity index (χ3v) is 6.11. The summed E-state index contributed by atoms with van der Waals surface area (Å²) in [5, 5.41) is 9.39. The van der Waals surface area contributed by atoms with Crippen LogP contribution in [0.3, 0.4) is 0 Å². The molecule has 4 rings (SSSR count). The summed E-state index contributed by atoms with van der Waals surface area (Å²) >= 11 is 12.4. The van der Waals surface area contributed by atoms with Crippen LogP contribution in [0.15, 0.2) is 78.9 Å². The summed E-state index contributed by atoms with van der Waals surface area (Å²) in [6.45, 7) is 1.41. The number of rotatable bonds is 9. The highest BCUT2D eigenvalue weighted by molar-refractivity contribution is 6.40. The zero-order chi connectivity index (χ0) is 27.1. The maximum Gasteiger partial charge on any atom is 0.274 e. The topological polar surface area (TPSA) is 99.2 Å². The van der Waals surface area contributed by atoms with E-state index in [0.29, 0.717) is 39.6 Å². The largest absolute Gasteiger partial charge is 0.369 e. The number of halogens is 2. The second-order valence-corrected chi connectivity index (χ2v) is 9.42. The van der Waals surface area contributed by atoms with Gasteiger partial charge in [-0.05, 0) is 38.4 Å². The van der Waals surface area contributed by atoms with Gasteiger partial charge in [0.05, 0.1) is 27.0 Å². The molecule has 1 aromatic heterocycles. The van der Waals surface area contributed by atoms with E-state index in [1.807, 2.05) is 49.3 Å². The second kappa shape index (κ2) is 12.5. The summed E-state index contributed by atoms with van der Waals surface area (Å²) in [4.78, 5) is 37.6. The molecule has 0 spiro atoms. The molecule has 4 aromatic rings. The quantitative estimate of drug-likeness (QED) is 0.240. The first-order valence-electron chi connectivity index (χ1n) is 11.8. The lowest BCUT2D eigenvalue weighted by Gasteiger charge is -2.14. The van der Waals surface area contributed by atoms with Crippen LogP contribution >= 0.6 is 23.2 Å². The first-order valence-corrected chi connectivity index (χ1v) is 12.6. The standard InChI is InChI=1S/C28H26Cl2N6O2/c1-36(2)16-15-31-24-17-23(32-26(34-24)18-9-4-3-5-10-18)28(38)33-22-14-7-6-11-19(22)27(37)35-25-20(29)12-8-13-21(25)30/h3-14,17H,15-16H2,1-2H3,(H,33,38)(H,35,37)(H,31,32,34). The maximum absolute atomic E-state index is 13.4. The number of para-hydroxylation sites is 2. The molecule has 0 aliphatic heterocycles. The van der Waals surface area contributed by atoms with Gasteiger partial charge in [0.1, 0.15) is 11.5 Å². The second-order valence-electron chi connectivity index (χ2n) is 8.61. The van der Waals surface area contributed by atoms with Gasteiger partial charge in [0, 0.05) is 24.7 Å². The van der Waals surface area contributed by atoms with Gasteiger partial charge < -0.3 is 20.9 Å². The number of benzene rings is 3. The molecule has 0 saturated heterocycles. The highest BCUT2D eigenvalue weighted by atomic mass is 35.5. The molecule has 3 N–H and O–H groups in total. The van der Waals surface area contributed by atoms with E-state index in [1.165, 1.54) is 0 Å². The van der Waals surface area contributed by atoms with Gasteiger partial charge in [-0.15, -0.1) is 0 Å². The Morgan fingerprint density at radius 1 is 0.816 bits per heavy atom. The highest BCUT2D eigenvalue weighted by Crippen LogP contribution is 2.31. The van der Waals surface area contributed by atoms with Crippen LogP contribution < -0.4 is 16.0 Å². The number of amides is 2.